The van der Waals surface area contributed by atoms with Crippen molar-refractivity contribution in [3.8, 4) is 0 Å². The van der Waals surface area contributed by atoms with Crippen molar-refractivity contribution < 1.29 is 22.8 Å². The van der Waals surface area contributed by atoms with Crippen LogP contribution in [0.3, 0.4) is 0 Å². The normalized spacial score (nSPS) is 17.0. The lowest BCUT2D eigenvalue weighted by atomic mass is 9.94. The number of nitrogens with two attached hydrogens (primary N) is 1. The predicted octanol–water partition coefficient (Wildman–Crippen LogP) is 2.61. The van der Waals surface area contributed by atoms with Crippen molar-refractivity contribution in [3.05, 3.63) is 59.7 Å². The zero-order valence-electron chi connectivity index (χ0n) is 18.5. The number of benzene rings is 2. The van der Waals surface area contributed by atoms with E-state index in [4.69, 9.17) is 5.14 Å². The summed E-state index contributed by atoms with van der Waals surface area (Å²) in [4.78, 5) is 42.2. The number of primary sulfonamides is 1. The molecule has 9 heteroatoms. The van der Waals surface area contributed by atoms with Crippen LogP contribution in [-0.4, -0.2) is 42.6 Å². The van der Waals surface area contributed by atoms with Crippen molar-refractivity contribution in [2.75, 3.05) is 4.90 Å². The zero-order valence-corrected chi connectivity index (χ0v) is 19.3. The van der Waals surface area contributed by atoms with Gasteiger partial charge in [-0.2, -0.15) is 0 Å². The summed E-state index contributed by atoms with van der Waals surface area (Å²) in [6.07, 6.45) is 0.419. The van der Waals surface area contributed by atoms with Gasteiger partial charge in [0.1, 0.15) is 6.04 Å². The molecular weight excluding hydrogens is 430 g/mol. The number of hydrogen-bond donors (Lipinski definition) is 1. The Morgan fingerprint density at radius 3 is 2.25 bits per heavy atom. The van der Waals surface area contributed by atoms with E-state index in [0.29, 0.717) is 12.0 Å². The maximum Gasteiger partial charge on any atom is 0.257 e. The fraction of sp³-hybridized carbons (Fsp3) is 0.348. The average Bonchev–Trinajstić information content (AvgIpc) is 3.01. The number of nitrogens with zero attached hydrogens (tertiary/aromatic N) is 2. The van der Waals surface area contributed by atoms with Crippen LogP contribution in [0.15, 0.2) is 53.4 Å². The van der Waals surface area contributed by atoms with E-state index in [1.54, 1.807) is 12.1 Å². The molecule has 0 spiro atoms. The summed E-state index contributed by atoms with van der Waals surface area (Å²) in [6, 6.07) is 11.4. The minimum atomic E-state index is -3.90. The van der Waals surface area contributed by atoms with Gasteiger partial charge in [-0.3, -0.25) is 14.4 Å². The van der Waals surface area contributed by atoms with Gasteiger partial charge in [-0.1, -0.05) is 25.1 Å². The number of rotatable bonds is 6. The summed E-state index contributed by atoms with van der Waals surface area (Å²) in [6.45, 7) is 7.48. The molecule has 1 fully saturated rings. The monoisotopic (exact) mass is 457 g/mol. The quantitative estimate of drug-likeness (QED) is 0.669. The van der Waals surface area contributed by atoms with Gasteiger partial charge in [0.05, 0.1) is 17.0 Å². The smallest absolute Gasteiger partial charge is 0.257 e. The van der Waals surface area contributed by atoms with E-state index in [1.807, 2.05) is 39.8 Å². The van der Waals surface area contributed by atoms with Gasteiger partial charge >= 0.3 is 0 Å². The van der Waals surface area contributed by atoms with Gasteiger partial charge in [-0.25, -0.2) is 18.5 Å². The van der Waals surface area contributed by atoms with Crippen molar-refractivity contribution in [2.45, 2.75) is 57.0 Å². The molecule has 170 valence electrons. The molecule has 3 amide bonds. The third kappa shape index (κ3) is 4.31. The Morgan fingerprint density at radius 1 is 1.12 bits per heavy atom. The maximum absolute atomic E-state index is 13.6. The van der Waals surface area contributed by atoms with Crippen LogP contribution in [0.1, 0.15) is 49.5 Å². The van der Waals surface area contributed by atoms with Crippen LogP contribution >= 0.6 is 0 Å². The van der Waals surface area contributed by atoms with Crippen molar-refractivity contribution >= 4 is 33.4 Å². The summed E-state index contributed by atoms with van der Waals surface area (Å²) >= 11 is 0. The molecule has 1 aliphatic heterocycles. The number of anilines is 1. The van der Waals surface area contributed by atoms with Crippen molar-refractivity contribution in [2.24, 2.45) is 5.14 Å². The third-order valence-electron chi connectivity index (χ3n) is 5.97. The molecule has 2 N–H and O–H groups in total. The number of amides is 3. The largest absolute Gasteiger partial charge is 0.321 e. The Bertz CT molecular complexity index is 1170. The average molecular weight is 458 g/mol. The van der Waals surface area contributed by atoms with Crippen LogP contribution in [0.2, 0.25) is 0 Å². The Morgan fingerprint density at radius 2 is 1.72 bits per heavy atom. The van der Waals surface area contributed by atoms with Gasteiger partial charge < -0.3 is 4.90 Å². The number of carbonyl (C=O) groups is 3. The first-order valence-corrected chi connectivity index (χ1v) is 11.8. The molecule has 0 aromatic heterocycles. The van der Waals surface area contributed by atoms with Gasteiger partial charge in [0.15, 0.2) is 0 Å². The highest BCUT2D eigenvalue weighted by molar-refractivity contribution is 7.89. The lowest BCUT2D eigenvalue weighted by Crippen LogP contribution is -2.55. The Balaban J connectivity index is 2.01. The summed E-state index contributed by atoms with van der Waals surface area (Å²) in [5.74, 6) is -1.30. The SMILES string of the molecule is CCC(C)(C)N(C(=O)c1ccccc1C)C1CC(=O)N(c2ccc(S(N)(=O)=O)cc2)C1=O. The standard InChI is InChI=1S/C23H27N3O5S/c1-5-23(3,4)26(21(28)18-9-7-6-8-15(18)2)19-14-20(27)25(22(19)29)16-10-12-17(13-11-16)32(24,30)31/h6-13,19H,5,14H2,1-4H3,(H2,24,30,31). The van der Waals surface area contributed by atoms with Crippen LogP contribution in [0, 0.1) is 6.92 Å². The van der Waals surface area contributed by atoms with E-state index in [0.717, 1.165) is 10.5 Å². The Kier molecular flexibility index (Phi) is 6.26. The molecule has 1 unspecified atom stereocenters. The van der Waals surface area contributed by atoms with E-state index >= 15 is 0 Å². The van der Waals surface area contributed by atoms with E-state index < -0.39 is 33.4 Å². The molecule has 32 heavy (non-hydrogen) atoms. The highest BCUT2D eigenvalue weighted by Crippen LogP contribution is 2.33. The summed E-state index contributed by atoms with van der Waals surface area (Å²) < 4.78 is 23.0. The number of aryl methyl sites for hydroxylation is 1. The highest BCUT2D eigenvalue weighted by Gasteiger charge is 2.48. The van der Waals surface area contributed by atoms with Crippen LogP contribution < -0.4 is 10.0 Å². The molecule has 0 aliphatic carbocycles. The number of imide groups is 1. The second kappa shape index (κ2) is 8.48. The molecule has 8 nitrogen and oxygen atoms in total. The molecule has 0 radical (unpaired) electrons. The molecule has 0 saturated carbocycles. The van der Waals surface area contributed by atoms with Crippen molar-refractivity contribution in [3.63, 3.8) is 0 Å². The molecule has 2 aromatic carbocycles. The van der Waals surface area contributed by atoms with E-state index in [-0.39, 0.29) is 22.9 Å². The Hall–Kier alpha value is -3.04. The van der Waals surface area contributed by atoms with Crippen LogP contribution in [0.25, 0.3) is 0 Å². The maximum atomic E-state index is 13.6. The number of hydrogen-bond acceptors (Lipinski definition) is 5. The van der Waals surface area contributed by atoms with E-state index in [9.17, 15) is 22.8 Å². The molecule has 1 atom stereocenters. The molecule has 1 heterocycles. The molecule has 1 aliphatic rings. The third-order valence-corrected chi connectivity index (χ3v) is 6.90. The summed E-state index contributed by atoms with van der Waals surface area (Å²) in [5.41, 5.74) is 0.798. The first kappa shape index (κ1) is 23.6. The molecule has 3 rings (SSSR count). The Labute approximate surface area is 188 Å². The minimum Gasteiger partial charge on any atom is -0.321 e. The van der Waals surface area contributed by atoms with Crippen LogP contribution in [0.4, 0.5) is 5.69 Å². The lowest BCUT2D eigenvalue weighted by molar-refractivity contribution is -0.123. The molecule has 1 saturated heterocycles. The predicted molar refractivity (Wildman–Crippen MR) is 120 cm³/mol. The van der Waals surface area contributed by atoms with Crippen molar-refractivity contribution in [1.29, 1.82) is 0 Å². The zero-order chi connectivity index (χ0) is 23.8. The van der Waals surface area contributed by atoms with Gasteiger partial charge in [0.2, 0.25) is 15.9 Å². The number of sulfonamides is 1. The number of carbonyl (C=O) groups excluding carboxylic acids is 3. The fourth-order valence-electron chi connectivity index (χ4n) is 3.83. The van der Waals surface area contributed by atoms with Crippen LogP contribution in [0.5, 0.6) is 0 Å². The van der Waals surface area contributed by atoms with Gasteiger partial charge in [-0.15, -0.1) is 0 Å². The second-order valence-electron chi connectivity index (χ2n) is 8.48. The first-order valence-electron chi connectivity index (χ1n) is 10.3. The second-order valence-corrected chi connectivity index (χ2v) is 10.0. The summed E-state index contributed by atoms with van der Waals surface area (Å²) in [5, 5.41) is 5.12. The lowest BCUT2D eigenvalue weighted by Gasteiger charge is -2.41. The topological polar surface area (TPSA) is 118 Å². The molecular formula is C23H27N3O5S. The molecule has 0 bridgehead atoms. The molecule has 2 aromatic rings. The van der Waals surface area contributed by atoms with Gasteiger partial charge in [-0.05, 0) is 63.1 Å². The fourth-order valence-corrected chi connectivity index (χ4v) is 4.34. The van der Waals surface area contributed by atoms with Crippen molar-refractivity contribution in [1.82, 2.24) is 4.90 Å². The minimum absolute atomic E-state index is 0.125. The van der Waals surface area contributed by atoms with Gasteiger partial charge in [0.25, 0.3) is 11.8 Å². The summed E-state index contributed by atoms with van der Waals surface area (Å²) in [7, 11) is -3.90. The first-order chi connectivity index (χ1) is 14.9. The van der Waals surface area contributed by atoms with E-state index in [1.165, 1.54) is 29.2 Å². The van der Waals surface area contributed by atoms with E-state index in [2.05, 4.69) is 0 Å². The van der Waals surface area contributed by atoms with Gasteiger partial charge in [0, 0.05) is 11.1 Å². The van der Waals surface area contributed by atoms with Crippen LogP contribution in [-0.2, 0) is 19.6 Å². The highest BCUT2D eigenvalue weighted by atomic mass is 32.2.